The van der Waals surface area contributed by atoms with E-state index in [1.165, 1.54) is 49.8 Å². The molecule has 3 aromatic heterocycles. The van der Waals surface area contributed by atoms with E-state index in [4.69, 9.17) is 0 Å². The van der Waals surface area contributed by atoms with Crippen molar-refractivity contribution in [3.05, 3.63) is 150 Å². The molecule has 2 atom stereocenters. The molecule has 0 fully saturated rings. The summed E-state index contributed by atoms with van der Waals surface area (Å²) in [6.07, 6.45) is 17.5. The van der Waals surface area contributed by atoms with Crippen molar-refractivity contribution < 1.29 is 0 Å². The van der Waals surface area contributed by atoms with Crippen LogP contribution in [0, 0.1) is 0 Å². The highest BCUT2D eigenvalue weighted by atomic mass is 15.0. The van der Waals surface area contributed by atoms with E-state index in [0.29, 0.717) is 11.8 Å². The van der Waals surface area contributed by atoms with Crippen LogP contribution in [0.25, 0.3) is 50.4 Å². The normalized spacial score (nSPS) is 17.9. The van der Waals surface area contributed by atoms with Gasteiger partial charge in [0.15, 0.2) is 0 Å². The van der Waals surface area contributed by atoms with Gasteiger partial charge in [-0.3, -0.25) is 9.97 Å². The minimum atomic E-state index is 0.316. The first kappa shape index (κ1) is 24.8. The lowest BCUT2D eigenvalue weighted by Gasteiger charge is -2.27. The molecule has 0 spiro atoms. The molecule has 0 saturated carbocycles. The van der Waals surface area contributed by atoms with Crippen LogP contribution in [-0.4, -0.2) is 14.5 Å². The predicted octanol–water partition coefficient (Wildman–Crippen LogP) is 9.89. The van der Waals surface area contributed by atoms with Crippen LogP contribution < -0.4 is 0 Å². The Morgan fingerprint density at radius 3 is 2.26 bits per heavy atom. The van der Waals surface area contributed by atoms with Crippen LogP contribution in [0.2, 0.25) is 0 Å². The number of aromatic nitrogens is 3. The summed E-state index contributed by atoms with van der Waals surface area (Å²) >= 11 is 0. The summed E-state index contributed by atoms with van der Waals surface area (Å²) in [7, 11) is 0. The van der Waals surface area contributed by atoms with Gasteiger partial charge in [-0.15, -0.1) is 0 Å². The molecule has 2 unspecified atom stereocenters. The quantitative estimate of drug-likeness (QED) is 0.222. The van der Waals surface area contributed by atoms with Crippen LogP contribution in [0.4, 0.5) is 0 Å². The molecule has 6 aromatic rings. The van der Waals surface area contributed by atoms with Gasteiger partial charge in [0.25, 0.3) is 0 Å². The van der Waals surface area contributed by atoms with Crippen LogP contribution >= 0.6 is 0 Å². The van der Waals surface area contributed by atoms with Crippen molar-refractivity contribution in [1.29, 1.82) is 0 Å². The molecule has 202 valence electrons. The Bertz CT molecular complexity index is 2030. The molecule has 0 saturated heterocycles. The standard InChI is InChI=1S/C39H31N3/c1-26-10-9-13-32-38(26)33(27-16-18-28(19-17-27)34-14-5-7-22-40-34)25-37-39(32)31-21-20-29(35-15-6-8-23-41-35)24-36(31)42(37)30-11-3-2-4-12-30/h2-9,11-16,18-27H,10,17H2,1H3. The smallest absolute Gasteiger partial charge is 0.0702 e. The summed E-state index contributed by atoms with van der Waals surface area (Å²) in [6.45, 7) is 2.38. The lowest BCUT2D eigenvalue weighted by atomic mass is 9.77. The van der Waals surface area contributed by atoms with Crippen molar-refractivity contribution in [2.24, 2.45) is 0 Å². The molecule has 2 aliphatic carbocycles. The lowest BCUT2D eigenvalue weighted by Crippen LogP contribution is -2.10. The maximum Gasteiger partial charge on any atom is 0.0702 e. The van der Waals surface area contributed by atoms with E-state index in [0.717, 1.165) is 29.8 Å². The third-order valence-corrected chi connectivity index (χ3v) is 8.87. The van der Waals surface area contributed by atoms with E-state index in [9.17, 15) is 0 Å². The fourth-order valence-electron chi connectivity index (χ4n) is 6.90. The first-order valence-electron chi connectivity index (χ1n) is 14.8. The number of nitrogens with zero attached hydrogens (tertiary/aromatic N) is 3. The topological polar surface area (TPSA) is 30.7 Å². The summed E-state index contributed by atoms with van der Waals surface area (Å²) in [5, 5.41) is 2.62. The van der Waals surface area contributed by atoms with Crippen LogP contribution in [0.3, 0.4) is 0 Å². The Balaban J connectivity index is 1.38. The average molecular weight is 542 g/mol. The molecule has 42 heavy (non-hydrogen) atoms. The zero-order valence-corrected chi connectivity index (χ0v) is 23.6. The van der Waals surface area contributed by atoms with Crippen molar-refractivity contribution in [3.63, 3.8) is 0 Å². The van der Waals surface area contributed by atoms with Crippen LogP contribution in [0.15, 0.2) is 128 Å². The van der Waals surface area contributed by atoms with Gasteiger partial charge in [-0.1, -0.05) is 79.8 Å². The average Bonchev–Trinajstić information content (AvgIpc) is 3.39. The van der Waals surface area contributed by atoms with Crippen LogP contribution in [-0.2, 0) is 0 Å². The Hall–Kier alpha value is -5.02. The van der Waals surface area contributed by atoms with E-state index >= 15 is 0 Å². The number of fused-ring (bicyclic) bond motifs is 5. The number of rotatable bonds is 4. The third-order valence-electron chi connectivity index (χ3n) is 8.87. The van der Waals surface area contributed by atoms with Crippen molar-refractivity contribution >= 4 is 33.5 Å². The summed E-state index contributed by atoms with van der Waals surface area (Å²) in [6, 6.07) is 32.3. The monoisotopic (exact) mass is 541 g/mol. The van der Waals surface area contributed by atoms with Gasteiger partial charge in [-0.25, -0.2) is 0 Å². The number of pyridine rings is 2. The highest BCUT2D eigenvalue weighted by Gasteiger charge is 2.27. The molecule has 2 aliphatic rings. The molecule has 3 nitrogen and oxygen atoms in total. The summed E-state index contributed by atoms with van der Waals surface area (Å²) < 4.78 is 2.45. The van der Waals surface area contributed by atoms with E-state index < -0.39 is 0 Å². The fourth-order valence-corrected chi connectivity index (χ4v) is 6.90. The van der Waals surface area contributed by atoms with Gasteiger partial charge in [0.2, 0.25) is 0 Å². The molecule has 0 radical (unpaired) electrons. The number of allylic oxidation sites excluding steroid dienone is 5. The van der Waals surface area contributed by atoms with E-state index in [2.05, 4.69) is 131 Å². The Kier molecular flexibility index (Phi) is 5.96. The van der Waals surface area contributed by atoms with Gasteiger partial charge < -0.3 is 4.57 Å². The van der Waals surface area contributed by atoms with Gasteiger partial charge in [0.1, 0.15) is 0 Å². The zero-order valence-electron chi connectivity index (χ0n) is 23.6. The van der Waals surface area contributed by atoms with Gasteiger partial charge in [-0.05, 0) is 89.6 Å². The van der Waals surface area contributed by atoms with Crippen molar-refractivity contribution in [3.8, 4) is 16.9 Å². The summed E-state index contributed by atoms with van der Waals surface area (Å²) in [4.78, 5) is 9.24. The maximum atomic E-state index is 4.66. The molecule has 3 heteroatoms. The number of para-hydroxylation sites is 1. The van der Waals surface area contributed by atoms with Crippen LogP contribution in [0.1, 0.15) is 54.0 Å². The molecule has 0 N–H and O–H groups in total. The van der Waals surface area contributed by atoms with Gasteiger partial charge in [-0.2, -0.15) is 0 Å². The van der Waals surface area contributed by atoms with Crippen molar-refractivity contribution in [1.82, 2.24) is 14.5 Å². The zero-order chi connectivity index (χ0) is 28.0. The van der Waals surface area contributed by atoms with E-state index in [-0.39, 0.29) is 0 Å². The molecule has 8 rings (SSSR count). The molecule has 3 aromatic carbocycles. The Morgan fingerprint density at radius 1 is 0.738 bits per heavy atom. The minimum Gasteiger partial charge on any atom is -0.309 e. The van der Waals surface area contributed by atoms with E-state index in [1.807, 2.05) is 24.5 Å². The molecule has 0 aliphatic heterocycles. The molecule has 0 bridgehead atoms. The second kappa shape index (κ2) is 10.1. The first-order valence-corrected chi connectivity index (χ1v) is 14.8. The largest absolute Gasteiger partial charge is 0.309 e. The third kappa shape index (κ3) is 4.04. The first-order chi connectivity index (χ1) is 20.8. The lowest BCUT2D eigenvalue weighted by molar-refractivity contribution is 0.737. The van der Waals surface area contributed by atoms with Crippen LogP contribution in [0.5, 0.6) is 0 Å². The van der Waals surface area contributed by atoms with Gasteiger partial charge in [0, 0.05) is 40.3 Å². The Morgan fingerprint density at radius 2 is 1.52 bits per heavy atom. The predicted molar refractivity (Wildman–Crippen MR) is 175 cm³/mol. The maximum absolute atomic E-state index is 4.66. The molecule has 0 amide bonds. The van der Waals surface area contributed by atoms with Gasteiger partial charge in [0.05, 0.1) is 22.4 Å². The summed E-state index contributed by atoms with van der Waals surface area (Å²) in [5.74, 6) is 0.776. The number of hydrogen-bond acceptors (Lipinski definition) is 2. The Labute approximate surface area is 246 Å². The second-order valence-electron chi connectivity index (χ2n) is 11.4. The second-order valence-corrected chi connectivity index (χ2v) is 11.4. The SMILES string of the molecule is CC1CC=Cc2c1c(C1C=CC(c3ccccn3)=CC1)cc1c2c2ccc(-c3ccccn3)cc2n1-c1ccccc1. The highest BCUT2D eigenvalue weighted by molar-refractivity contribution is 6.14. The minimum absolute atomic E-state index is 0.316. The van der Waals surface area contributed by atoms with Crippen molar-refractivity contribution in [2.45, 2.75) is 31.6 Å². The van der Waals surface area contributed by atoms with E-state index in [1.54, 1.807) is 0 Å². The number of benzene rings is 3. The highest BCUT2D eigenvalue weighted by Crippen LogP contribution is 2.46. The summed E-state index contributed by atoms with van der Waals surface area (Å²) in [5.41, 5.74) is 12.3. The molecular weight excluding hydrogens is 510 g/mol. The number of hydrogen-bond donors (Lipinski definition) is 0. The fraction of sp³-hybridized carbons (Fsp3) is 0.128. The van der Waals surface area contributed by atoms with Crippen molar-refractivity contribution in [2.75, 3.05) is 0 Å². The van der Waals surface area contributed by atoms with Gasteiger partial charge >= 0.3 is 0 Å². The molecule has 3 heterocycles. The molecular formula is C39H31N3.